The molecule has 1 atom stereocenters. The number of ether oxygens (including phenoxy) is 1. The van der Waals surface area contributed by atoms with Gasteiger partial charge in [-0.3, -0.25) is 0 Å². The van der Waals surface area contributed by atoms with Gasteiger partial charge in [-0.25, -0.2) is 0 Å². The first-order chi connectivity index (χ1) is 10.0. The molecule has 0 aromatic heterocycles. The molecule has 2 aromatic rings. The molecule has 1 N–H and O–H groups in total. The Balaban J connectivity index is 1.97. The van der Waals surface area contributed by atoms with Crippen LogP contribution in [0, 0.1) is 13.8 Å². The number of fused-ring (bicyclic) bond motifs is 1. The first kappa shape index (κ1) is 14.6. The van der Waals surface area contributed by atoms with Crippen LogP contribution in [0.4, 0.5) is 5.69 Å². The Morgan fingerprint density at radius 2 is 1.95 bits per heavy atom. The van der Waals surface area contributed by atoms with Crippen LogP contribution in [0.3, 0.4) is 0 Å². The SMILES string of the molecule is Cc1ccc(C)c(NC2CCOc3c(Cl)cc(Cl)cc32)c1. The number of hydrogen-bond acceptors (Lipinski definition) is 2. The Labute approximate surface area is 135 Å². The maximum atomic E-state index is 6.24. The summed E-state index contributed by atoms with van der Waals surface area (Å²) in [5.41, 5.74) is 4.63. The minimum absolute atomic E-state index is 0.158. The number of hydrogen-bond donors (Lipinski definition) is 1. The van der Waals surface area contributed by atoms with Gasteiger partial charge in [0.25, 0.3) is 0 Å². The molecule has 1 heterocycles. The van der Waals surface area contributed by atoms with Crippen molar-refractivity contribution in [3.63, 3.8) is 0 Å². The van der Waals surface area contributed by atoms with Gasteiger partial charge in [0.1, 0.15) is 5.75 Å². The summed E-state index contributed by atoms with van der Waals surface area (Å²) < 4.78 is 5.70. The Bertz CT molecular complexity index is 685. The average Bonchev–Trinajstić information content (AvgIpc) is 2.43. The van der Waals surface area contributed by atoms with Crippen molar-refractivity contribution < 1.29 is 4.74 Å². The van der Waals surface area contributed by atoms with Gasteiger partial charge in [0.2, 0.25) is 0 Å². The van der Waals surface area contributed by atoms with Gasteiger partial charge in [0.15, 0.2) is 0 Å². The second-order valence-corrected chi connectivity index (χ2v) is 6.30. The van der Waals surface area contributed by atoms with Crippen LogP contribution < -0.4 is 10.1 Å². The maximum Gasteiger partial charge on any atom is 0.143 e. The molecule has 1 unspecified atom stereocenters. The second kappa shape index (κ2) is 5.78. The average molecular weight is 322 g/mol. The van der Waals surface area contributed by atoms with Crippen LogP contribution in [0.5, 0.6) is 5.75 Å². The zero-order chi connectivity index (χ0) is 15.0. The van der Waals surface area contributed by atoms with Crippen molar-refractivity contribution in [3.8, 4) is 5.75 Å². The maximum absolute atomic E-state index is 6.24. The third-order valence-electron chi connectivity index (χ3n) is 3.79. The highest BCUT2D eigenvalue weighted by Crippen LogP contribution is 2.41. The van der Waals surface area contributed by atoms with Crippen molar-refractivity contribution in [2.75, 3.05) is 11.9 Å². The van der Waals surface area contributed by atoms with E-state index in [9.17, 15) is 0 Å². The van der Waals surface area contributed by atoms with Gasteiger partial charge < -0.3 is 10.1 Å². The molecule has 0 amide bonds. The van der Waals surface area contributed by atoms with Crippen LogP contribution in [0.15, 0.2) is 30.3 Å². The molecular formula is C17H17Cl2NO. The van der Waals surface area contributed by atoms with Crippen molar-refractivity contribution in [3.05, 3.63) is 57.1 Å². The standard InChI is InChI=1S/C17H17Cl2NO/c1-10-3-4-11(2)16(7-10)20-15-5-6-21-17-13(15)8-12(18)9-14(17)19/h3-4,7-9,15,20H,5-6H2,1-2H3. The number of benzene rings is 2. The lowest BCUT2D eigenvalue weighted by atomic mass is 9.99. The second-order valence-electron chi connectivity index (χ2n) is 5.46. The molecule has 0 spiro atoms. The minimum Gasteiger partial charge on any atom is -0.492 e. The highest BCUT2D eigenvalue weighted by atomic mass is 35.5. The first-order valence-electron chi connectivity index (χ1n) is 7.00. The molecule has 0 saturated carbocycles. The van der Waals surface area contributed by atoms with Crippen LogP contribution in [-0.2, 0) is 0 Å². The summed E-state index contributed by atoms with van der Waals surface area (Å²) in [5, 5.41) is 4.81. The summed E-state index contributed by atoms with van der Waals surface area (Å²) in [7, 11) is 0. The minimum atomic E-state index is 0.158. The summed E-state index contributed by atoms with van der Waals surface area (Å²) in [6, 6.07) is 10.2. The highest BCUT2D eigenvalue weighted by molar-refractivity contribution is 6.35. The molecule has 4 heteroatoms. The summed E-state index contributed by atoms with van der Waals surface area (Å²) in [6.45, 7) is 4.85. The summed E-state index contributed by atoms with van der Waals surface area (Å²) in [6.07, 6.45) is 0.886. The van der Waals surface area contributed by atoms with Gasteiger partial charge >= 0.3 is 0 Å². The van der Waals surface area contributed by atoms with E-state index in [2.05, 4.69) is 37.4 Å². The van der Waals surface area contributed by atoms with Gasteiger partial charge in [-0.05, 0) is 43.2 Å². The Morgan fingerprint density at radius 3 is 2.76 bits per heavy atom. The lowest BCUT2D eigenvalue weighted by molar-refractivity contribution is 0.274. The predicted molar refractivity (Wildman–Crippen MR) is 88.9 cm³/mol. The topological polar surface area (TPSA) is 21.3 Å². The monoisotopic (exact) mass is 321 g/mol. The number of aryl methyl sites for hydroxylation is 2. The molecule has 3 rings (SSSR count). The Hall–Kier alpha value is -1.38. The lowest BCUT2D eigenvalue weighted by Gasteiger charge is -2.29. The number of nitrogens with one attached hydrogen (secondary N) is 1. The van der Waals surface area contributed by atoms with Gasteiger partial charge in [0.05, 0.1) is 17.7 Å². The molecule has 21 heavy (non-hydrogen) atoms. The van der Waals surface area contributed by atoms with Gasteiger partial charge in [-0.15, -0.1) is 0 Å². The van der Waals surface area contributed by atoms with Crippen LogP contribution >= 0.6 is 23.2 Å². The van der Waals surface area contributed by atoms with Crippen LogP contribution in [0.2, 0.25) is 10.0 Å². The summed E-state index contributed by atoms with van der Waals surface area (Å²) in [5.74, 6) is 0.745. The molecule has 0 radical (unpaired) electrons. The van der Waals surface area contributed by atoms with Crippen molar-refractivity contribution in [1.82, 2.24) is 0 Å². The fourth-order valence-corrected chi connectivity index (χ4v) is 3.22. The lowest BCUT2D eigenvalue weighted by Crippen LogP contribution is -2.21. The van der Waals surface area contributed by atoms with Gasteiger partial charge in [0, 0.05) is 22.7 Å². The van der Waals surface area contributed by atoms with Crippen molar-refractivity contribution in [2.24, 2.45) is 0 Å². The number of anilines is 1. The van der Waals surface area contributed by atoms with E-state index in [1.54, 1.807) is 6.07 Å². The fraction of sp³-hybridized carbons (Fsp3) is 0.294. The van der Waals surface area contributed by atoms with E-state index >= 15 is 0 Å². The molecular weight excluding hydrogens is 305 g/mol. The largest absolute Gasteiger partial charge is 0.492 e. The molecule has 2 aromatic carbocycles. The third kappa shape index (κ3) is 2.97. The van der Waals surface area contributed by atoms with E-state index in [-0.39, 0.29) is 6.04 Å². The van der Waals surface area contributed by atoms with Crippen LogP contribution in [0.25, 0.3) is 0 Å². The number of rotatable bonds is 2. The summed E-state index contributed by atoms with van der Waals surface area (Å²) in [4.78, 5) is 0. The quantitative estimate of drug-likeness (QED) is 0.783. The third-order valence-corrected chi connectivity index (χ3v) is 4.29. The van der Waals surface area contributed by atoms with Gasteiger partial charge in [-0.2, -0.15) is 0 Å². The first-order valence-corrected chi connectivity index (χ1v) is 7.76. The fourth-order valence-electron chi connectivity index (χ4n) is 2.65. The van der Waals surface area contributed by atoms with Crippen LogP contribution in [0.1, 0.15) is 29.2 Å². The van der Waals surface area contributed by atoms with Crippen molar-refractivity contribution >= 4 is 28.9 Å². The Morgan fingerprint density at radius 1 is 1.14 bits per heavy atom. The van der Waals surface area contributed by atoms with E-state index in [0.29, 0.717) is 16.7 Å². The molecule has 0 saturated heterocycles. The normalized spacial score (nSPS) is 17.0. The zero-order valence-corrected chi connectivity index (χ0v) is 13.6. The molecule has 110 valence electrons. The van der Waals surface area contributed by atoms with Crippen molar-refractivity contribution in [2.45, 2.75) is 26.3 Å². The number of halogens is 2. The van der Waals surface area contributed by atoms with Gasteiger partial charge in [-0.1, -0.05) is 35.3 Å². The molecule has 2 nitrogen and oxygen atoms in total. The van der Waals surface area contributed by atoms with Crippen LogP contribution in [-0.4, -0.2) is 6.61 Å². The van der Waals surface area contributed by atoms with E-state index in [1.807, 2.05) is 6.07 Å². The molecule has 0 aliphatic carbocycles. The van der Waals surface area contributed by atoms with E-state index in [4.69, 9.17) is 27.9 Å². The summed E-state index contributed by atoms with van der Waals surface area (Å²) >= 11 is 12.4. The van der Waals surface area contributed by atoms with Crippen molar-refractivity contribution in [1.29, 1.82) is 0 Å². The highest BCUT2D eigenvalue weighted by Gasteiger charge is 2.24. The molecule has 1 aliphatic rings. The zero-order valence-electron chi connectivity index (χ0n) is 12.0. The van der Waals surface area contributed by atoms with E-state index in [0.717, 1.165) is 23.4 Å². The van der Waals surface area contributed by atoms with E-state index in [1.165, 1.54) is 11.1 Å². The molecule has 0 bridgehead atoms. The molecule has 1 aliphatic heterocycles. The smallest absolute Gasteiger partial charge is 0.143 e. The molecule has 0 fully saturated rings. The predicted octanol–water partition coefficient (Wildman–Crippen LogP) is 5.55. The Kier molecular flexibility index (Phi) is 4.01. The van der Waals surface area contributed by atoms with E-state index < -0.39 is 0 Å².